The van der Waals surface area contributed by atoms with Gasteiger partial charge in [0.1, 0.15) is 0 Å². The Morgan fingerprint density at radius 3 is 2.95 bits per heavy atom. The van der Waals surface area contributed by atoms with E-state index in [0.29, 0.717) is 24.5 Å². The molecule has 3 rings (SSSR count). The second-order valence-electron chi connectivity index (χ2n) is 6.46. The molecule has 0 spiro atoms. The van der Waals surface area contributed by atoms with E-state index >= 15 is 0 Å². The summed E-state index contributed by atoms with van der Waals surface area (Å²) in [6.07, 6.45) is 9.47. The first kappa shape index (κ1) is 14.1. The molecule has 3 aliphatic rings. The summed E-state index contributed by atoms with van der Waals surface area (Å²) in [5.41, 5.74) is 1.31. The normalized spacial score (nSPS) is 28.1. The molecule has 1 N–H and O–H groups in total. The minimum absolute atomic E-state index is 0.328. The minimum atomic E-state index is 0.328. The molecule has 4 heteroatoms. The summed E-state index contributed by atoms with van der Waals surface area (Å²) >= 11 is 0. The van der Waals surface area contributed by atoms with Gasteiger partial charge in [-0.3, -0.25) is 9.69 Å². The van der Waals surface area contributed by atoms with E-state index in [0.717, 1.165) is 32.5 Å². The molecule has 0 aromatic carbocycles. The summed E-state index contributed by atoms with van der Waals surface area (Å²) in [4.78, 5) is 17.2. The van der Waals surface area contributed by atoms with Gasteiger partial charge in [-0.1, -0.05) is 6.08 Å². The zero-order chi connectivity index (χ0) is 13.9. The Hall–Kier alpha value is -0.870. The van der Waals surface area contributed by atoms with Crippen molar-refractivity contribution in [2.45, 2.75) is 57.5 Å². The molecule has 0 radical (unpaired) electrons. The number of allylic oxidation sites excluding steroid dienone is 2. The molecular weight excluding hydrogens is 250 g/mol. The van der Waals surface area contributed by atoms with E-state index in [1.807, 2.05) is 0 Å². The van der Waals surface area contributed by atoms with Crippen molar-refractivity contribution in [3.8, 4) is 0 Å². The average Bonchev–Trinajstić information content (AvgIpc) is 3.28. The van der Waals surface area contributed by atoms with Crippen LogP contribution in [-0.4, -0.2) is 54.0 Å². The lowest BCUT2D eigenvalue weighted by Gasteiger charge is -2.36. The number of carbonyl (C=O) groups is 1. The smallest absolute Gasteiger partial charge is 0.241 e. The van der Waals surface area contributed by atoms with Crippen molar-refractivity contribution in [3.05, 3.63) is 11.8 Å². The number of nitrogens with one attached hydrogen (secondary N) is 1. The van der Waals surface area contributed by atoms with Gasteiger partial charge in [0.25, 0.3) is 0 Å². The molecule has 2 fully saturated rings. The molecule has 20 heavy (non-hydrogen) atoms. The molecule has 4 nitrogen and oxygen atoms in total. The Labute approximate surface area is 122 Å². The highest BCUT2D eigenvalue weighted by Crippen LogP contribution is 2.33. The molecule has 0 unspecified atom stereocenters. The Kier molecular flexibility index (Phi) is 4.41. The standard InChI is InChI=1S/C16H27N3O/c1-13-11-17-9-10-18(13)12-16(20)19(15-7-8-15)14-5-3-2-4-6-14/h5,13,15,17H,2-4,6-12H2,1H3/t13-/m1/s1. The fourth-order valence-electron chi connectivity index (χ4n) is 3.34. The van der Waals surface area contributed by atoms with Crippen LogP contribution in [-0.2, 0) is 4.79 Å². The molecule has 2 aliphatic carbocycles. The summed E-state index contributed by atoms with van der Waals surface area (Å²) < 4.78 is 0. The van der Waals surface area contributed by atoms with E-state index in [2.05, 4.69) is 28.1 Å². The number of hydrogen-bond acceptors (Lipinski definition) is 3. The van der Waals surface area contributed by atoms with Gasteiger partial charge in [0, 0.05) is 37.4 Å². The van der Waals surface area contributed by atoms with Crippen LogP contribution >= 0.6 is 0 Å². The van der Waals surface area contributed by atoms with Crippen LogP contribution in [0, 0.1) is 0 Å². The van der Waals surface area contributed by atoms with Gasteiger partial charge >= 0.3 is 0 Å². The molecular formula is C16H27N3O. The van der Waals surface area contributed by atoms with Crippen LogP contribution in [0.4, 0.5) is 0 Å². The molecule has 112 valence electrons. The molecule has 0 aromatic rings. The molecule has 1 saturated heterocycles. The summed E-state index contributed by atoms with van der Waals surface area (Å²) in [6, 6.07) is 0.971. The van der Waals surface area contributed by atoms with Gasteiger partial charge in [-0.2, -0.15) is 0 Å². The average molecular weight is 277 g/mol. The monoisotopic (exact) mass is 277 g/mol. The maximum absolute atomic E-state index is 12.8. The van der Waals surface area contributed by atoms with E-state index in [-0.39, 0.29) is 0 Å². The third-order valence-corrected chi connectivity index (χ3v) is 4.73. The third-order valence-electron chi connectivity index (χ3n) is 4.73. The Morgan fingerprint density at radius 1 is 1.45 bits per heavy atom. The maximum Gasteiger partial charge on any atom is 0.241 e. The molecule has 0 bridgehead atoms. The predicted octanol–water partition coefficient (Wildman–Crippen LogP) is 1.73. The third kappa shape index (κ3) is 3.23. The van der Waals surface area contributed by atoms with E-state index in [4.69, 9.17) is 0 Å². The number of amides is 1. The van der Waals surface area contributed by atoms with Crippen molar-refractivity contribution in [2.24, 2.45) is 0 Å². The van der Waals surface area contributed by atoms with Crippen molar-refractivity contribution in [2.75, 3.05) is 26.2 Å². The van der Waals surface area contributed by atoms with Crippen molar-refractivity contribution in [1.29, 1.82) is 0 Å². The highest BCUT2D eigenvalue weighted by Gasteiger charge is 2.36. The van der Waals surface area contributed by atoms with E-state index < -0.39 is 0 Å². The number of hydrogen-bond donors (Lipinski definition) is 1. The second kappa shape index (κ2) is 6.27. The number of piperazine rings is 1. The van der Waals surface area contributed by atoms with E-state index in [1.54, 1.807) is 0 Å². The SMILES string of the molecule is C[C@@H]1CNCCN1CC(=O)N(C1=CCCCC1)C1CC1. The van der Waals surface area contributed by atoms with Gasteiger partial charge in [0.15, 0.2) is 0 Å². The highest BCUT2D eigenvalue weighted by atomic mass is 16.2. The molecule has 1 saturated carbocycles. The Bertz CT molecular complexity index is 389. The molecule has 1 atom stereocenters. The van der Waals surface area contributed by atoms with Gasteiger partial charge in [-0.15, -0.1) is 0 Å². The van der Waals surface area contributed by atoms with Gasteiger partial charge in [0.2, 0.25) is 5.91 Å². The first-order valence-corrected chi connectivity index (χ1v) is 8.21. The summed E-state index contributed by atoms with van der Waals surface area (Å²) in [7, 11) is 0. The van der Waals surface area contributed by atoms with Crippen LogP contribution in [0.15, 0.2) is 11.8 Å². The fourth-order valence-corrected chi connectivity index (χ4v) is 3.34. The molecule has 1 heterocycles. The van der Waals surface area contributed by atoms with E-state index in [1.165, 1.54) is 31.4 Å². The van der Waals surface area contributed by atoms with Crippen molar-refractivity contribution in [1.82, 2.24) is 15.1 Å². The van der Waals surface area contributed by atoms with Gasteiger partial charge in [0.05, 0.1) is 6.54 Å². The van der Waals surface area contributed by atoms with Crippen LogP contribution in [0.1, 0.15) is 45.4 Å². The predicted molar refractivity (Wildman–Crippen MR) is 80.3 cm³/mol. The maximum atomic E-state index is 12.8. The first-order valence-electron chi connectivity index (χ1n) is 8.21. The Morgan fingerprint density at radius 2 is 2.30 bits per heavy atom. The van der Waals surface area contributed by atoms with Crippen LogP contribution < -0.4 is 5.32 Å². The van der Waals surface area contributed by atoms with Crippen LogP contribution in [0.5, 0.6) is 0 Å². The lowest BCUT2D eigenvalue weighted by Crippen LogP contribution is -2.53. The Balaban J connectivity index is 1.64. The summed E-state index contributed by atoms with van der Waals surface area (Å²) in [6.45, 7) is 5.80. The first-order chi connectivity index (χ1) is 9.75. The summed E-state index contributed by atoms with van der Waals surface area (Å²) in [5, 5.41) is 3.39. The largest absolute Gasteiger partial charge is 0.314 e. The van der Waals surface area contributed by atoms with Gasteiger partial charge < -0.3 is 10.2 Å². The zero-order valence-electron chi connectivity index (χ0n) is 12.6. The van der Waals surface area contributed by atoms with Crippen LogP contribution in [0.3, 0.4) is 0 Å². The number of rotatable bonds is 4. The van der Waals surface area contributed by atoms with Crippen LogP contribution in [0.25, 0.3) is 0 Å². The minimum Gasteiger partial charge on any atom is -0.314 e. The van der Waals surface area contributed by atoms with Crippen LogP contribution in [0.2, 0.25) is 0 Å². The van der Waals surface area contributed by atoms with Crippen molar-refractivity contribution >= 4 is 5.91 Å². The fraction of sp³-hybridized carbons (Fsp3) is 0.812. The number of carbonyl (C=O) groups excluding carboxylic acids is 1. The second-order valence-corrected chi connectivity index (χ2v) is 6.46. The molecule has 1 amide bonds. The highest BCUT2D eigenvalue weighted by molar-refractivity contribution is 5.81. The van der Waals surface area contributed by atoms with Gasteiger partial charge in [-0.05, 0) is 45.4 Å². The van der Waals surface area contributed by atoms with Crippen molar-refractivity contribution < 1.29 is 4.79 Å². The zero-order valence-corrected chi connectivity index (χ0v) is 12.6. The van der Waals surface area contributed by atoms with Gasteiger partial charge in [-0.25, -0.2) is 0 Å². The van der Waals surface area contributed by atoms with Crippen molar-refractivity contribution in [3.63, 3.8) is 0 Å². The topological polar surface area (TPSA) is 35.6 Å². The molecule has 1 aliphatic heterocycles. The molecule has 0 aromatic heterocycles. The summed E-state index contributed by atoms with van der Waals surface area (Å²) in [5.74, 6) is 0.328. The lowest BCUT2D eigenvalue weighted by molar-refractivity contribution is -0.131. The lowest BCUT2D eigenvalue weighted by atomic mass is 10.0. The van der Waals surface area contributed by atoms with E-state index in [9.17, 15) is 4.79 Å². The quantitative estimate of drug-likeness (QED) is 0.850. The number of nitrogens with zero attached hydrogens (tertiary/aromatic N) is 2.